The summed E-state index contributed by atoms with van der Waals surface area (Å²) >= 11 is 0. The minimum absolute atomic E-state index is 0.0664. The summed E-state index contributed by atoms with van der Waals surface area (Å²) in [6.45, 7) is 8.42. The fourth-order valence-electron chi connectivity index (χ4n) is 4.20. The molecule has 1 aliphatic rings. The fraction of sp³-hybridized carbons (Fsp3) is 0.346. The third kappa shape index (κ3) is 4.05. The van der Waals surface area contributed by atoms with E-state index in [9.17, 15) is 4.79 Å². The molecule has 0 aliphatic carbocycles. The number of amides is 1. The van der Waals surface area contributed by atoms with Gasteiger partial charge < -0.3 is 14.7 Å². The van der Waals surface area contributed by atoms with Crippen molar-refractivity contribution in [3.05, 3.63) is 72.3 Å². The Balaban J connectivity index is 1.71. The largest absolute Gasteiger partial charge is 0.369 e. The van der Waals surface area contributed by atoms with Crippen molar-refractivity contribution in [2.45, 2.75) is 26.3 Å². The zero-order valence-corrected chi connectivity index (χ0v) is 18.2. The molecule has 1 fully saturated rings. The van der Waals surface area contributed by atoms with Gasteiger partial charge in [0.2, 0.25) is 0 Å². The number of likely N-dealkylation sites (N-methyl/N-ethyl adjacent to an activating group) is 1. The lowest BCUT2D eigenvalue weighted by Crippen LogP contribution is -2.44. The Morgan fingerprint density at radius 1 is 0.967 bits per heavy atom. The molecule has 4 heteroatoms. The van der Waals surface area contributed by atoms with Gasteiger partial charge in [-0.2, -0.15) is 0 Å². The molecule has 1 atom stereocenters. The minimum atomic E-state index is 0.0664. The molecule has 1 heterocycles. The van der Waals surface area contributed by atoms with E-state index in [1.165, 1.54) is 5.69 Å². The van der Waals surface area contributed by atoms with Gasteiger partial charge in [-0.25, -0.2) is 0 Å². The summed E-state index contributed by atoms with van der Waals surface area (Å²) in [6.07, 6.45) is 0.898. The number of anilines is 2. The Hall–Kier alpha value is -2.85. The molecule has 3 aromatic carbocycles. The standard InChI is InChI=1S/C26H31N3O/c1-4-20(2)29(26(30)25-14-7-10-21-9-5-6-13-24(21)25)23-12-8-11-22(19-23)28-17-15-27(3)16-18-28/h5-14,19-20H,4,15-18H2,1-3H3. The van der Waals surface area contributed by atoms with Crippen LogP contribution in [0.5, 0.6) is 0 Å². The lowest BCUT2D eigenvalue weighted by Gasteiger charge is -2.35. The van der Waals surface area contributed by atoms with E-state index in [0.29, 0.717) is 0 Å². The maximum absolute atomic E-state index is 13.8. The van der Waals surface area contributed by atoms with Crippen LogP contribution in [0, 0.1) is 0 Å². The fourth-order valence-corrected chi connectivity index (χ4v) is 4.20. The summed E-state index contributed by atoms with van der Waals surface area (Å²) in [4.78, 5) is 20.5. The number of nitrogens with zero attached hydrogens (tertiary/aromatic N) is 3. The molecular formula is C26H31N3O. The monoisotopic (exact) mass is 401 g/mol. The number of hydrogen-bond donors (Lipinski definition) is 0. The zero-order chi connectivity index (χ0) is 21.1. The highest BCUT2D eigenvalue weighted by atomic mass is 16.2. The van der Waals surface area contributed by atoms with E-state index in [2.05, 4.69) is 67.1 Å². The second-order valence-electron chi connectivity index (χ2n) is 8.27. The number of carbonyl (C=O) groups is 1. The van der Waals surface area contributed by atoms with E-state index in [0.717, 1.165) is 54.6 Å². The molecule has 1 unspecified atom stereocenters. The highest BCUT2D eigenvalue weighted by Gasteiger charge is 2.25. The summed E-state index contributed by atoms with van der Waals surface area (Å²) < 4.78 is 0. The predicted octanol–water partition coefficient (Wildman–Crippen LogP) is 5.04. The van der Waals surface area contributed by atoms with Crippen LogP contribution in [0.4, 0.5) is 11.4 Å². The van der Waals surface area contributed by atoms with Crippen LogP contribution in [0.15, 0.2) is 66.7 Å². The van der Waals surface area contributed by atoms with Crippen LogP contribution < -0.4 is 9.80 Å². The summed E-state index contributed by atoms with van der Waals surface area (Å²) in [5.74, 6) is 0.0664. The van der Waals surface area contributed by atoms with E-state index >= 15 is 0 Å². The second kappa shape index (κ2) is 8.88. The average molecular weight is 402 g/mol. The lowest BCUT2D eigenvalue weighted by molar-refractivity contribution is 0.0979. The average Bonchev–Trinajstić information content (AvgIpc) is 2.79. The van der Waals surface area contributed by atoms with Crippen molar-refractivity contribution in [3.63, 3.8) is 0 Å². The molecule has 4 rings (SSSR count). The van der Waals surface area contributed by atoms with E-state index < -0.39 is 0 Å². The first-order valence-corrected chi connectivity index (χ1v) is 10.9. The summed E-state index contributed by atoms with van der Waals surface area (Å²) in [6, 6.07) is 22.7. The maximum atomic E-state index is 13.8. The van der Waals surface area contributed by atoms with Crippen molar-refractivity contribution in [1.29, 1.82) is 0 Å². The van der Waals surface area contributed by atoms with Gasteiger partial charge in [-0.3, -0.25) is 4.79 Å². The smallest absolute Gasteiger partial charge is 0.259 e. The van der Waals surface area contributed by atoms with Gasteiger partial charge >= 0.3 is 0 Å². The van der Waals surface area contributed by atoms with Crippen LogP contribution in [0.1, 0.15) is 30.6 Å². The first-order chi connectivity index (χ1) is 14.6. The number of carbonyl (C=O) groups excluding carboxylic acids is 1. The molecule has 0 bridgehead atoms. The highest BCUT2D eigenvalue weighted by molar-refractivity contribution is 6.14. The van der Waals surface area contributed by atoms with Crippen molar-refractivity contribution < 1.29 is 4.79 Å². The van der Waals surface area contributed by atoms with Crippen molar-refractivity contribution in [3.8, 4) is 0 Å². The molecular weight excluding hydrogens is 370 g/mol. The van der Waals surface area contributed by atoms with Gasteiger partial charge in [-0.1, -0.05) is 49.4 Å². The van der Waals surface area contributed by atoms with E-state index in [1.54, 1.807) is 0 Å². The van der Waals surface area contributed by atoms with E-state index in [-0.39, 0.29) is 11.9 Å². The Bertz CT molecular complexity index is 1020. The topological polar surface area (TPSA) is 26.8 Å². The van der Waals surface area contributed by atoms with Crippen LogP contribution in [0.3, 0.4) is 0 Å². The molecule has 1 aliphatic heterocycles. The van der Waals surface area contributed by atoms with Crippen molar-refractivity contribution in [2.75, 3.05) is 43.0 Å². The molecule has 0 spiro atoms. The number of piperazine rings is 1. The molecule has 0 aromatic heterocycles. The van der Waals surface area contributed by atoms with Crippen LogP contribution in [0.25, 0.3) is 10.8 Å². The molecule has 30 heavy (non-hydrogen) atoms. The van der Waals surface area contributed by atoms with E-state index in [1.807, 2.05) is 35.2 Å². The third-order valence-electron chi connectivity index (χ3n) is 6.25. The minimum Gasteiger partial charge on any atom is -0.369 e. The molecule has 0 saturated carbocycles. The quantitative estimate of drug-likeness (QED) is 0.599. The predicted molar refractivity (Wildman–Crippen MR) is 127 cm³/mol. The number of hydrogen-bond acceptors (Lipinski definition) is 3. The molecule has 4 nitrogen and oxygen atoms in total. The summed E-state index contributed by atoms with van der Waals surface area (Å²) in [7, 11) is 2.17. The normalized spacial score (nSPS) is 15.9. The second-order valence-corrected chi connectivity index (χ2v) is 8.27. The van der Waals surface area contributed by atoms with Gasteiger partial charge in [0.05, 0.1) is 0 Å². The molecule has 0 N–H and O–H groups in total. The SMILES string of the molecule is CCC(C)N(C(=O)c1cccc2ccccc12)c1cccc(N2CCN(C)CC2)c1. The number of benzene rings is 3. The van der Waals surface area contributed by atoms with Crippen LogP contribution in [-0.4, -0.2) is 50.1 Å². The summed E-state index contributed by atoms with van der Waals surface area (Å²) in [5, 5.41) is 2.10. The summed E-state index contributed by atoms with van der Waals surface area (Å²) in [5.41, 5.74) is 2.93. The number of rotatable bonds is 5. The first kappa shape index (κ1) is 20.4. The Labute approximate surface area is 179 Å². The lowest BCUT2D eigenvalue weighted by atomic mass is 10.0. The number of fused-ring (bicyclic) bond motifs is 1. The van der Waals surface area contributed by atoms with Crippen LogP contribution in [0.2, 0.25) is 0 Å². The van der Waals surface area contributed by atoms with Gasteiger partial charge in [-0.15, -0.1) is 0 Å². The van der Waals surface area contributed by atoms with Crippen molar-refractivity contribution in [2.24, 2.45) is 0 Å². The first-order valence-electron chi connectivity index (χ1n) is 10.9. The van der Waals surface area contributed by atoms with Gasteiger partial charge in [-0.05, 0) is 55.4 Å². The molecule has 1 saturated heterocycles. The molecule has 0 radical (unpaired) electrons. The van der Waals surface area contributed by atoms with E-state index in [4.69, 9.17) is 0 Å². The van der Waals surface area contributed by atoms with Crippen molar-refractivity contribution in [1.82, 2.24) is 4.90 Å². The Morgan fingerprint density at radius 3 is 2.43 bits per heavy atom. The van der Waals surface area contributed by atoms with Gasteiger partial charge in [0, 0.05) is 49.2 Å². The third-order valence-corrected chi connectivity index (χ3v) is 6.25. The molecule has 1 amide bonds. The van der Waals surface area contributed by atoms with Crippen LogP contribution in [-0.2, 0) is 0 Å². The van der Waals surface area contributed by atoms with Gasteiger partial charge in [0.25, 0.3) is 5.91 Å². The van der Waals surface area contributed by atoms with Gasteiger partial charge in [0.15, 0.2) is 0 Å². The Kier molecular flexibility index (Phi) is 6.05. The Morgan fingerprint density at radius 2 is 1.67 bits per heavy atom. The zero-order valence-electron chi connectivity index (χ0n) is 18.2. The molecule has 3 aromatic rings. The molecule has 156 valence electrons. The van der Waals surface area contributed by atoms with Crippen molar-refractivity contribution >= 4 is 28.1 Å². The maximum Gasteiger partial charge on any atom is 0.259 e. The van der Waals surface area contributed by atoms with Crippen LogP contribution >= 0.6 is 0 Å². The van der Waals surface area contributed by atoms with Gasteiger partial charge in [0.1, 0.15) is 0 Å². The highest BCUT2D eigenvalue weighted by Crippen LogP contribution is 2.29.